The molecule has 0 fully saturated rings. The van der Waals surface area contributed by atoms with E-state index in [4.69, 9.17) is 4.74 Å². The van der Waals surface area contributed by atoms with Crippen LogP contribution >= 0.6 is 0 Å². The van der Waals surface area contributed by atoms with E-state index in [0.29, 0.717) is 17.6 Å². The third-order valence-electron chi connectivity index (χ3n) is 4.79. The second kappa shape index (κ2) is 9.30. The van der Waals surface area contributed by atoms with E-state index in [1.807, 2.05) is 29.8 Å². The number of fused-ring (bicyclic) bond motifs is 1. The predicted molar refractivity (Wildman–Crippen MR) is 108 cm³/mol. The van der Waals surface area contributed by atoms with Gasteiger partial charge in [0.05, 0.1) is 30.4 Å². The van der Waals surface area contributed by atoms with Crippen LogP contribution in [0.25, 0.3) is 11.0 Å². The summed E-state index contributed by atoms with van der Waals surface area (Å²) in [7, 11) is 1.68. The minimum atomic E-state index is -0.606. The number of halogens is 1. The highest BCUT2D eigenvalue weighted by Gasteiger charge is 2.18. The van der Waals surface area contributed by atoms with Crippen molar-refractivity contribution in [3.8, 4) is 0 Å². The molecule has 2 aromatic rings. The third kappa shape index (κ3) is 4.30. The van der Waals surface area contributed by atoms with Crippen molar-refractivity contribution in [3.05, 3.63) is 53.7 Å². The van der Waals surface area contributed by atoms with Crippen LogP contribution in [0.15, 0.2) is 53.1 Å². The van der Waals surface area contributed by atoms with Crippen LogP contribution in [-0.4, -0.2) is 41.5 Å². The molecule has 3 heterocycles. The second-order valence-electron chi connectivity index (χ2n) is 6.59. The Balaban J connectivity index is 2.01. The molecule has 28 heavy (non-hydrogen) atoms. The molecule has 2 aromatic heterocycles. The van der Waals surface area contributed by atoms with Crippen molar-refractivity contribution in [1.82, 2.24) is 14.9 Å². The average molecular weight is 384 g/mol. The molecule has 0 bridgehead atoms. The van der Waals surface area contributed by atoms with Gasteiger partial charge < -0.3 is 14.6 Å². The first kappa shape index (κ1) is 19.8. The molecule has 0 unspecified atom stereocenters. The van der Waals surface area contributed by atoms with Gasteiger partial charge in [0.15, 0.2) is 0 Å². The third-order valence-corrected chi connectivity index (χ3v) is 4.79. The molecule has 0 radical (unpaired) electrons. The number of allylic oxidation sites excluding steroid dienone is 3. The van der Waals surface area contributed by atoms with Gasteiger partial charge in [-0.1, -0.05) is 6.08 Å². The fraction of sp³-hybridized carbons (Fsp3) is 0.381. The maximum atomic E-state index is 12.4. The summed E-state index contributed by atoms with van der Waals surface area (Å²) in [5.41, 5.74) is 3.71. The average Bonchev–Trinajstić information content (AvgIpc) is 3.11. The molecule has 1 amide bonds. The van der Waals surface area contributed by atoms with Gasteiger partial charge in [-0.15, -0.1) is 0 Å². The lowest BCUT2D eigenvalue weighted by Crippen LogP contribution is -2.25. The summed E-state index contributed by atoms with van der Waals surface area (Å²) in [5.74, 6) is 0.596. The van der Waals surface area contributed by atoms with E-state index >= 15 is 0 Å². The maximum absolute atomic E-state index is 12.4. The molecule has 0 saturated carbocycles. The summed E-state index contributed by atoms with van der Waals surface area (Å²) in [5, 5.41) is 2.57. The quantitative estimate of drug-likeness (QED) is 0.824. The Morgan fingerprint density at radius 2 is 2.29 bits per heavy atom. The molecule has 0 aliphatic carbocycles. The number of amides is 1. The van der Waals surface area contributed by atoms with Crippen LogP contribution in [0.1, 0.15) is 36.5 Å². The Morgan fingerprint density at radius 1 is 1.43 bits per heavy atom. The van der Waals surface area contributed by atoms with E-state index in [-0.39, 0.29) is 12.5 Å². The highest BCUT2D eigenvalue weighted by Crippen LogP contribution is 2.22. The van der Waals surface area contributed by atoms with Gasteiger partial charge in [0.2, 0.25) is 0 Å². The topological polar surface area (TPSA) is 68.5 Å². The lowest BCUT2D eigenvalue weighted by atomic mass is 10.1. The molecule has 1 N–H and O–H groups in total. The molecule has 0 atom stereocenters. The molecule has 1 aliphatic rings. The van der Waals surface area contributed by atoms with Crippen LogP contribution in [0.5, 0.6) is 0 Å². The van der Waals surface area contributed by atoms with E-state index in [1.54, 1.807) is 19.5 Å². The van der Waals surface area contributed by atoms with E-state index in [2.05, 4.69) is 21.4 Å². The number of hydrogen-bond donors (Lipinski definition) is 1. The molecule has 3 rings (SSSR count). The van der Waals surface area contributed by atoms with Crippen molar-refractivity contribution in [1.29, 1.82) is 0 Å². The van der Waals surface area contributed by atoms with E-state index in [0.717, 1.165) is 41.8 Å². The van der Waals surface area contributed by atoms with Gasteiger partial charge >= 0.3 is 0 Å². The fourth-order valence-electron chi connectivity index (χ4n) is 3.29. The van der Waals surface area contributed by atoms with Crippen LogP contribution in [-0.2, 0) is 11.3 Å². The number of alkyl halides is 1. The first-order valence-corrected chi connectivity index (χ1v) is 9.39. The van der Waals surface area contributed by atoms with Gasteiger partial charge in [0.1, 0.15) is 18.0 Å². The normalized spacial score (nSPS) is 20.6. The van der Waals surface area contributed by atoms with E-state index < -0.39 is 6.67 Å². The van der Waals surface area contributed by atoms with Crippen LogP contribution in [0, 0.1) is 0 Å². The first-order chi connectivity index (χ1) is 13.7. The number of carbonyl (C=O) groups excluding carboxylic acids is 1. The summed E-state index contributed by atoms with van der Waals surface area (Å²) < 4.78 is 20.0. The molecule has 6 nitrogen and oxygen atoms in total. The molecular weight excluding hydrogens is 359 g/mol. The highest BCUT2D eigenvalue weighted by atomic mass is 19.1. The largest absolute Gasteiger partial charge is 0.501 e. The van der Waals surface area contributed by atoms with Crippen molar-refractivity contribution < 1.29 is 13.9 Å². The Hall–Kier alpha value is -2.96. The SMILES string of the molecule is CO/C1=C(C)/C(Cn2cc(C(=O)NCCF)c3ncccc32)=N\C=C\CCC1. The number of nitrogens with zero attached hydrogens (tertiary/aromatic N) is 3. The van der Waals surface area contributed by atoms with Crippen LogP contribution in [0.4, 0.5) is 4.39 Å². The molecule has 0 aromatic carbocycles. The van der Waals surface area contributed by atoms with Gasteiger partial charge in [0.25, 0.3) is 5.91 Å². The summed E-state index contributed by atoms with van der Waals surface area (Å²) in [6.45, 7) is 1.86. The number of pyridine rings is 1. The summed E-state index contributed by atoms with van der Waals surface area (Å²) in [6.07, 6.45) is 10.1. The van der Waals surface area contributed by atoms with Gasteiger partial charge in [-0.3, -0.25) is 14.8 Å². The van der Waals surface area contributed by atoms with Crippen LogP contribution < -0.4 is 5.32 Å². The Kier molecular flexibility index (Phi) is 6.57. The van der Waals surface area contributed by atoms with Crippen molar-refractivity contribution in [2.24, 2.45) is 4.99 Å². The minimum Gasteiger partial charge on any atom is -0.501 e. The number of carbonyl (C=O) groups is 1. The zero-order valence-corrected chi connectivity index (χ0v) is 16.2. The lowest BCUT2D eigenvalue weighted by Gasteiger charge is -2.13. The van der Waals surface area contributed by atoms with Gasteiger partial charge in [-0.2, -0.15) is 0 Å². The number of aromatic nitrogens is 2. The molecule has 7 heteroatoms. The smallest absolute Gasteiger partial charge is 0.255 e. The standard InChI is InChI=1S/C21H25FN4O2/c1-15-17(23-10-5-3-4-8-19(15)28-2)14-26-13-16(21(27)25-12-9-22)20-18(26)7-6-11-24-20/h5-7,10-11,13H,3-4,8-9,12,14H2,1-2H3,(H,25,27)/b10-5+,19-15+,23-17-. The molecule has 1 aliphatic heterocycles. The Morgan fingerprint density at radius 3 is 3.07 bits per heavy atom. The van der Waals surface area contributed by atoms with Crippen molar-refractivity contribution in [2.45, 2.75) is 32.7 Å². The van der Waals surface area contributed by atoms with Crippen molar-refractivity contribution in [3.63, 3.8) is 0 Å². The number of hydrogen-bond acceptors (Lipinski definition) is 4. The number of nitrogens with one attached hydrogen (secondary N) is 1. The molecule has 148 valence electrons. The summed E-state index contributed by atoms with van der Waals surface area (Å²) in [4.78, 5) is 21.4. The zero-order valence-electron chi connectivity index (χ0n) is 16.2. The maximum Gasteiger partial charge on any atom is 0.255 e. The molecule has 0 spiro atoms. The van der Waals surface area contributed by atoms with Gasteiger partial charge in [-0.25, -0.2) is 4.39 Å². The first-order valence-electron chi connectivity index (χ1n) is 9.39. The predicted octanol–water partition coefficient (Wildman–Crippen LogP) is 3.79. The number of methoxy groups -OCH3 is 1. The monoisotopic (exact) mass is 384 g/mol. The van der Waals surface area contributed by atoms with E-state index in [1.165, 1.54) is 0 Å². The zero-order chi connectivity index (χ0) is 19.9. The number of rotatable bonds is 6. The van der Waals surface area contributed by atoms with Crippen LogP contribution in [0.2, 0.25) is 0 Å². The van der Waals surface area contributed by atoms with Crippen LogP contribution in [0.3, 0.4) is 0 Å². The Bertz CT molecular complexity index is 943. The summed E-state index contributed by atoms with van der Waals surface area (Å²) in [6, 6.07) is 3.74. The highest BCUT2D eigenvalue weighted by molar-refractivity contribution is 6.06. The number of aliphatic imine (C=N–C) groups is 1. The van der Waals surface area contributed by atoms with E-state index in [9.17, 15) is 9.18 Å². The fourth-order valence-corrected chi connectivity index (χ4v) is 3.29. The second-order valence-corrected chi connectivity index (χ2v) is 6.59. The number of ether oxygens (including phenoxy) is 1. The Labute approximate surface area is 163 Å². The van der Waals surface area contributed by atoms with Crippen molar-refractivity contribution >= 4 is 22.7 Å². The molecule has 0 saturated heterocycles. The van der Waals surface area contributed by atoms with Gasteiger partial charge in [-0.05, 0) is 31.9 Å². The molecular formula is C21H25FN4O2. The van der Waals surface area contributed by atoms with Crippen molar-refractivity contribution in [2.75, 3.05) is 20.3 Å². The van der Waals surface area contributed by atoms with Gasteiger partial charge in [0, 0.05) is 37.1 Å². The summed E-state index contributed by atoms with van der Waals surface area (Å²) >= 11 is 0. The minimum absolute atomic E-state index is 0.0190. The lowest BCUT2D eigenvalue weighted by molar-refractivity contribution is 0.0952.